The third-order valence-electron chi connectivity index (χ3n) is 3.30. The van der Waals surface area contributed by atoms with Gasteiger partial charge in [-0.15, -0.1) is 0 Å². The van der Waals surface area contributed by atoms with Crippen LogP contribution in [0.25, 0.3) is 0 Å². The average Bonchev–Trinajstić information content (AvgIpc) is 2.24. The Bertz CT molecular complexity index is 235. The van der Waals surface area contributed by atoms with Crippen molar-refractivity contribution in [1.29, 1.82) is 0 Å². The monoisotopic (exact) mass is 250 g/mol. The van der Waals surface area contributed by atoms with Crippen LogP contribution in [-0.4, -0.2) is 70.6 Å². The molecule has 4 N–H and O–H groups in total. The van der Waals surface area contributed by atoms with Gasteiger partial charge in [-0.25, -0.2) is 0 Å². The Labute approximate surface area is 98.5 Å². The van der Waals surface area contributed by atoms with Gasteiger partial charge in [0.05, 0.1) is 26.4 Å². The van der Waals surface area contributed by atoms with E-state index in [1.165, 1.54) is 0 Å². The third-order valence-corrected chi connectivity index (χ3v) is 3.30. The standard InChI is InChI=1S/C10H18O7/c11-5-7(13)9(1-3-15-9)17-10(2-4-16-10)8(14)6-12/h7-8,11-14H,1-6H2. The fraction of sp³-hybridized carbons (Fsp3) is 1.00. The van der Waals surface area contributed by atoms with E-state index < -0.39 is 37.0 Å². The molecule has 2 aliphatic rings. The van der Waals surface area contributed by atoms with Crippen molar-refractivity contribution in [1.82, 2.24) is 0 Å². The lowest BCUT2D eigenvalue weighted by Crippen LogP contribution is -2.67. The third kappa shape index (κ3) is 2.08. The van der Waals surface area contributed by atoms with Gasteiger partial charge >= 0.3 is 0 Å². The molecule has 7 heteroatoms. The van der Waals surface area contributed by atoms with Gasteiger partial charge in [0.15, 0.2) is 0 Å². The quantitative estimate of drug-likeness (QED) is 0.429. The Hall–Kier alpha value is -0.280. The number of hydrogen-bond acceptors (Lipinski definition) is 7. The molecule has 0 spiro atoms. The summed E-state index contributed by atoms with van der Waals surface area (Å²) in [7, 11) is 0. The molecule has 4 atom stereocenters. The SMILES string of the molecule is OCC(O)C1(OC2(C(O)CO)CCO2)CCO1. The predicted octanol–water partition coefficient (Wildman–Crippen LogP) is -2.06. The van der Waals surface area contributed by atoms with E-state index in [-0.39, 0.29) is 0 Å². The van der Waals surface area contributed by atoms with Gasteiger partial charge in [-0.2, -0.15) is 0 Å². The van der Waals surface area contributed by atoms with Gasteiger partial charge in [0, 0.05) is 12.8 Å². The maximum absolute atomic E-state index is 9.67. The molecule has 0 aliphatic carbocycles. The maximum Gasteiger partial charge on any atom is 0.202 e. The van der Waals surface area contributed by atoms with Gasteiger partial charge in [-0.05, 0) is 0 Å². The zero-order valence-electron chi connectivity index (χ0n) is 9.41. The number of rotatable bonds is 6. The summed E-state index contributed by atoms with van der Waals surface area (Å²) in [6.07, 6.45) is -1.61. The van der Waals surface area contributed by atoms with Crippen LogP contribution in [0.1, 0.15) is 12.8 Å². The molecule has 2 saturated heterocycles. The summed E-state index contributed by atoms with van der Waals surface area (Å²) in [6, 6.07) is 0. The minimum Gasteiger partial charge on any atom is -0.393 e. The zero-order chi connectivity index (χ0) is 12.5. The molecule has 0 aromatic rings. The summed E-state index contributed by atoms with van der Waals surface area (Å²) in [5, 5.41) is 37.2. The second-order valence-electron chi connectivity index (χ2n) is 4.32. The average molecular weight is 250 g/mol. The normalized spacial score (nSPS) is 40.2. The Morgan fingerprint density at radius 3 is 1.47 bits per heavy atom. The van der Waals surface area contributed by atoms with E-state index in [0.29, 0.717) is 26.1 Å². The lowest BCUT2D eigenvalue weighted by molar-refractivity contribution is -0.465. The van der Waals surface area contributed by atoms with Crippen LogP contribution in [0.3, 0.4) is 0 Å². The fourth-order valence-corrected chi connectivity index (χ4v) is 2.00. The molecule has 0 radical (unpaired) electrons. The van der Waals surface area contributed by atoms with Crippen LogP contribution >= 0.6 is 0 Å². The van der Waals surface area contributed by atoms with Crippen LogP contribution in [0.4, 0.5) is 0 Å². The van der Waals surface area contributed by atoms with Crippen LogP contribution in [0.5, 0.6) is 0 Å². The molecule has 0 saturated carbocycles. The summed E-state index contributed by atoms with van der Waals surface area (Å²) < 4.78 is 15.9. The lowest BCUT2D eigenvalue weighted by Gasteiger charge is -2.53. The van der Waals surface area contributed by atoms with Crippen LogP contribution in [0.2, 0.25) is 0 Å². The summed E-state index contributed by atoms with van der Waals surface area (Å²) >= 11 is 0. The molecular weight excluding hydrogens is 232 g/mol. The van der Waals surface area contributed by atoms with Crippen molar-refractivity contribution in [3.63, 3.8) is 0 Å². The predicted molar refractivity (Wildman–Crippen MR) is 53.9 cm³/mol. The Balaban J connectivity index is 2.07. The van der Waals surface area contributed by atoms with Crippen molar-refractivity contribution in [3.05, 3.63) is 0 Å². The first-order chi connectivity index (χ1) is 8.08. The van der Waals surface area contributed by atoms with E-state index in [2.05, 4.69) is 0 Å². The molecule has 2 rings (SSSR count). The van der Waals surface area contributed by atoms with E-state index in [0.717, 1.165) is 0 Å². The summed E-state index contributed by atoms with van der Waals surface area (Å²) in [4.78, 5) is 0. The van der Waals surface area contributed by atoms with Crippen molar-refractivity contribution in [2.45, 2.75) is 36.6 Å². The molecule has 0 aromatic heterocycles. The molecule has 2 fully saturated rings. The topological polar surface area (TPSA) is 109 Å². The van der Waals surface area contributed by atoms with E-state index in [4.69, 9.17) is 24.4 Å². The van der Waals surface area contributed by atoms with Gasteiger partial charge in [0.2, 0.25) is 11.6 Å². The molecular formula is C10H18O7. The number of aliphatic hydroxyl groups excluding tert-OH is 4. The van der Waals surface area contributed by atoms with Crippen molar-refractivity contribution in [2.75, 3.05) is 26.4 Å². The molecule has 100 valence electrons. The number of aliphatic hydroxyl groups is 4. The number of ether oxygens (including phenoxy) is 3. The molecule has 7 nitrogen and oxygen atoms in total. The largest absolute Gasteiger partial charge is 0.393 e. The van der Waals surface area contributed by atoms with Crippen molar-refractivity contribution in [2.24, 2.45) is 0 Å². The molecule has 2 heterocycles. The van der Waals surface area contributed by atoms with Crippen LogP contribution < -0.4 is 0 Å². The first-order valence-electron chi connectivity index (χ1n) is 5.64. The van der Waals surface area contributed by atoms with Gasteiger partial charge in [-0.3, -0.25) is 0 Å². The minimum absolute atomic E-state index is 0.401. The van der Waals surface area contributed by atoms with Crippen molar-refractivity contribution >= 4 is 0 Å². The first-order valence-corrected chi connectivity index (χ1v) is 5.64. The number of hydrogen-bond donors (Lipinski definition) is 4. The summed E-state index contributed by atoms with van der Waals surface area (Å²) in [6.45, 7) is -0.207. The Morgan fingerprint density at radius 1 is 0.941 bits per heavy atom. The fourth-order valence-electron chi connectivity index (χ4n) is 2.00. The molecule has 0 amide bonds. The maximum atomic E-state index is 9.67. The van der Waals surface area contributed by atoms with E-state index >= 15 is 0 Å². The van der Waals surface area contributed by atoms with E-state index in [9.17, 15) is 10.2 Å². The van der Waals surface area contributed by atoms with E-state index in [1.54, 1.807) is 0 Å². The zero-order valence-corrected chi connectivity index (χ0v) is 9.41. The van der Waals surface area contributed by atoms with Gasteiger partial charge in [0.1, 0.15) is 12.2 Å². The molecule has 4 unspecified atom stereocenters. The molecule has 17 heavy (non-hydrogen) atoms. The highest BCUT2D eigenvalue weighted by Crippen LogP contribution is 2.42. The highest BCUT2D eigenvalue weighted by atomic mass is 16.8. The van der Waals surface area contributed by atoms with Gasteiger partial charge < -0.3 is 34.6 Å². The smallest absolute Gasteiger partial charge is 0.202 e. The van der Waals surface area contributed by atoms with Crippen molar-refractivity contribution < 1.29 is 34.6 Å². The van der Waals surface area contributed by atoms with Crippen LogP contribution in [0, 0.1) is 0 Å². The van der Waals surface area contributed by atoms with Crippen molar-refractivity contribution in [3.8, 4) is 0 Å². The second-order valence-corrected chi connectivity index (χ2v) is 4.32. The highest BCUT2D eigenvalue weighted by molar-refractivity contribution is 4.93. The first kappa shape index (κ1) is 13.2. The van der Waals surface area contributed by atoms with Gasteiger partial charge in [-0.1, -0.05) is 0 Å². The van der Waals surface area contributed by atoms with E-state index in [1.807, 2.05) is 0 Å². The van der Waals surface area contributed by atoms with Crippen LogP contribution in [-0.2, 0) is 14.2 Å². The molecule has 2 aliphatic heterocycles. The Morgan fingerprint density at radius 2 is 1.29 bits per heavy atom. The molecule has 0 bridgehead atoms. The summed E-state index contributed by atoms with van der Waals surface area (Å²) in [5.41, 5.74) is 0. The Kier molecular flexibility index (Phi) is 3.69. The minimum atomic E-state index is -1.34. The lowest BCUT2D eigenvalue weighted by atomic mass is 9.97. The highest BCUT2D eigenvalue weighted by Gasteiger charge is 2.57. The van der Waals surface area contributed by atoms with Gasteiger partial charge in [0.25, 0.3) is 0 Å². The summed E-state index contributed by atoms with van der Waals surface area (Å²) in [5.74, 6) is -2.68. The van der Waals surface area contributed by atoms with Crippen LogP contribution in [0.15, 0.2) is 0 Å². The second kappa shape index (κ2) is 4.77. The molecule has 0 aromatic carbocycles.